The van der Waals surface area contributed by atoms with E-state index in [0.29, 0.717) is 12.8 Å². The molecule has 0 aliphatic rings. The van der Waals surface area contributed by atoms with E-state index >= 15 is 0 Å². The van der Waals surface area contributed by atoms with Crippen molar-refractivity contribution in [3.63, 3.8) is 0 Å². The zero-order chi connectivity index (χ0) is 41.8. The van der Waals surface area contributed by atoms with Gasteiger partial charge in [-0.15, -0.1) is 0 Å². The fourth-order valence-corrected chi connectivity index (χ4v) is 6.02. The summed E-state index contributed by atoms with van der Waals surface area (Å²) < 4.78 is 32.7. The van der Waals surface area contributed by atoms with E-state index in [0.717, 1.165) is 89.9 Å². The zero-order valence-electron chi connectivity index (χ0n) is 35.5. The number of esters is 2. The molecule has 0 aromatic heterocycles. The Kier molecular flexibility index (Phi) is 40.2. The molecule has 1 unspecified atom stereocenters. The van der Waals surface area contributed by atoms with Crippen molar-refractivity contribution < 1.29 is 37.6 Å². The molecule has 0 amide bonds. The Bertz CT molecular complexity index is 1250. The van der Waals surface area contributed by atoms with Crippen LogP contribution in [-0.2, 0) is 32.7 Å². The molecule has 2 atom stereocenters. The smallest absolute Gasteiger partial charge is 0.462 e. The Morgan fingerprint density at radius 2 is 0.965 bits per heavy atom. The van der Waals surface area contributed by atoms with Crippen LogP contribution in [0.4, 0.5) is 0 Å². The zero-order valence-corrected chi connectivity index (χ0v) is 36.4. The van der Waals surface area contributed by atoms with Gasteiger partial charge in [0, 0.05) is 19.4 Å². The highest BCUT2D eigenvalue weighted by Gasteiger charge is 2.25. The first kappa shape index (κ1) is 53.9. The third-order valence-electron chi connectivity index (χ3n) is 8.45. The maximum Gasteiger partial charge on any atom is 0.472 e. The van der Waals surface area contributed by atoms with Crippen LogP contribution < -0.4 is 5.73 Å². The lowest BCUT2D eigenvalue weighted by Crippen LogP contribution is -2.29. The third-order valence-corrected chi connectivity index (χ3v) is 9.44. The van der Waals surface area contributed by atoms with Crippen LogP contribution in [-0.4, -0.2) is 49.3 Å². The maximum atomic E-state index is 12.6. The van der Waals surface area contributed by atoms with Crippen molar-refractivity contribution in [3.8, 4) is 0 Å². The van der Waals surface area contributed by atoms with Crippen LogP contribution in [0.5, 0.6) is 0 Å². The Morgan fingerprint density at radius 3 is 1.44 bits per heavy atom. The van der Waals surface area contributed by atoms with Crippen molar-refractivity contribution in [1.29, 1.82) is 0 Å². The lowest BCUT2D eigenvalue weighted by Gasteiger charge is -2.19. The van der Waals surface area contributed by atoms with E-state index in [9.17, 15) is 19.0 Å². The molecule has 0 bridgehead atoms. The summed E-state index contributed by atoms with van der Waals surface area (Å²) in [7, 11) is -4.40. The molecular weight excluding hydrogens is 737 g/mol. The highest BCUT2D eigenvalue weighted by atomic mass is 31.2. The summed E-state index contributed by atoms with van der Waals surface area (Å²) in [6.45, 7) is 3.50. The second kappa shape index (κ2) is 42.5. The Labute approximate surface area is 346 Å². The third kappa shape index (κ3) is 42.4. The van der Waals surface area contributed by atoms with Crippen molar-refractivity contribution in [2.75, 3.05) is 26.4 Å². The van der Waals surface area contributed by atoms with Crippen molar-refractivity contribution in [3.05, 3.63) is 97.2 Å². The van der Waals surface area contributed by atoms with Gasteiger partial charge in [-0.25, -0.2) is 4.57 Å². The molecule has 3 N–H and O–H groups in total. The van der Waals surface area contributed by atoms with Crippen LogP contribution in [0.15, 0.2) is 97.2 Å². The first-order valence-electron chi connectivity index (χ1n) is 21.7. The lowest BCUT2D eigenvalue weighted by molar-refractivity contribution is -0.161. The number of carbonyl (C=O) groups excluding carboxylic acids is 2. The Balaban J connectivity index is 4.29. The molecule has 9 nitrogen and oxygen atoms in total. The largest absolute Gasteiger partial charge is 0.472 e. The fourth-order valence-electron chi connectivity index (χ4n) is 5.25. The van der Waals surface area contributed by atoms with E-state index in [-0.39, 0.29) is 32.6 Å². The number of hydrogen-bond donors (Lipinski definition) is 2. The van der Waals surface area contributed by atoms with E-state index in [1.807, 2.05) is 0 Å². The van der Waals surface area contributed by atoms with Crippen LogP contribution in [0.3, 0.4) is 0 Å². The molecule has 0 saturated carbocycles. The molecule has 324 valence electrons. The summed E-state index contributed by atoms with van der Waals surface area (Å²) in [6, 6.07) is 0. The highest BCUT2D eigenvalue weighted by molar-refractivity contribution is 7.47. The first-order valence-corrected chi connectivity index (χ1v) is 23.2. The van der Waals surface area contributed by atoms with E-state index in [1.165, 1.54) is 25.7 Å². The van der Waals surface area contributed by atoms with Crippen LogP contribution in [0.25, 0.3) is 0 Å². The van der Waals surface area contributed by atoms with Gasteiger partial charge in [0.1, 0.15) is 6.61 Å². The molecule has 0 heterocycles. The van der Waals surface area contributed by atoms with Gasteiger partial charge in [-0.2, -0.15) is 0 Å². The fraction of sp³-hybridized carbons (Fsp3) is 0.617. The minimum Gasteiger partial charge on any atom is -0.462 e. The Hall–Kier alpha value is -3.07. The summed E-state index contributed by atoms with van der Waals surface area (Å²) in [5.74, 6) is -0.902. The van der Waals surface area contributed by atoms with E-state index in [4.69, 9.17) is 24.3 Å². The molecule has 0 rings (SSSR count). The minimum atomic E-state index is -4.40. The number of allylic oxidation sites excluding steroid dienone is 16. The van der Waals surface area contributed by atoms with Crippen LogP contribution in [0.1, 0.15) is 155 Å². The first-order chi connectivity index (χ1) is 27.8. The lowest BCUT2D eigenvalue weighted by atomic mass is 10.1. The molecule has 0 aromatic rings. The summed E-state index contributed by atoms with van der Waals surface area (Å²) in [5.41, 5.74) is 5.34. The second-order valence-corrected chi connectivity index (χ2v) is 15.3. The van der Waals surface area contributed by atoms with Gasteiger partial charge in [0.05, 0.1) is 13.2 Å². The number of ether oxygens (including phenoxy) is 2. The summed E-state index contributed by atoms with van der Waals surface area (Å²) in [6.07, 6.45) is 54.3. The van der Waals surface area contributed by atoms with Crippen molar-refractivity contribution in [2.24, 2.45) is 5.73 Å². The predicted octanol–water partition coefficient (Wildman–Crippen LogP) is 12.6. The average Bonchev–Trinajstić information content (AvgIpc) is 3.20. The number of carbonyl (C=O) groups is 2. The van der Waals surface area contributed by atoms with Crippen molar-refractivity contribution in [1.82, 2.24) is 0 Å². The Morgan fingerprint density at radius 1 is 0.544 bits per heavy atom. The topological polar surface area (TPSA) is 134 Å². The minimum absolute atomic E-state index is 0.0389. The molecule has 57 heavy (non-hydrogen) atoms. The SMILES string of the molecule is CCC=CCC=CCC=CCC=CCC=CCCCCCC(=O)OC[C@H](COP(=O)(O)OCCN)OC(=O)CCCCCCC=CCC=CCC=CCCCCC. The number of unbranched alkanes of at least 4 members (excludes halogenated alkanes) is 10. The molecule has 0 spiro atoms. The molecule has 0 saturated heterocycles. The van der Waals surface area contributed by atoms with E-state index < -0.39 is 32.5 Å². The molecule has 0 aliphatic heterocycles. The molecule has 0 aliphatic carbocycles. The van der Waals surface area contributed by atoms with Crippen molar-refractivity contribution in [2.45, 2.75) is 161 Å². The predicted molar refractivity (Wildman–Crippen MR) is 238 cm³/mol. The quantitative estimate of drug-likeness (QED) is 0.0269. The number of phosphoric acid groups is 1. The summed E-state index contributed by atoms with van der Waals surface area (Å²) in [4.78, 5) is 34.9. The molecule has 0 radical (unpaired) electrons. The van der Waals surface area contributed by atoms with Gasteiger partial charge in [-0.3, -0.25) is 18.6 Å². The standard InChI is InChI=1S/C47H78NO8P/c1-3-5-7-9-11-13-15-17-19-21-22-24-25-27-29-31-33-35-37-39-46(49)53-43-45(44-55-57(51,52)54-42-41-48)56-47(50)40-38-36-34-32-30-28-26-23-20-18-16-14-12-10-8-6-4-2/h5,7,11-14,17-20,22,24,26-29,45H,3-4,6,8-10,15-16,21,23,25,30-44,48H2,1-2H3,(H,51,52)/t45-/m1/s1. The van der Waals surface area contributed by atoms with Gasteiger partial charge in [0.2, 0.25) is 0 Å². The molecular formula is C47H78NO8P. The average molecular weight is 816 g/mol. The van der Waals surface area contributed by atoms with Gasteiger partial charge in [0.25, 0.3) is 0 Å². The van der Waals surface area contributed by atoms with E-state index in [2.05, 4.69) is 111 Å². The summed E-state index contributed by atoms with van der Waals surface area (Å²) >= 11 is 0. The van der Waals surface area contributed by atoms with Crippen LogP contribution >= 0.6 is 7.82 Å². The highest BCUT2D eigenvalue weighted by Crippen LogP contribution is 2.43. The number of rotatable bonds is 39. The number of phosphoric ester groups is 1. The number of nitrogens with two attached hydrogens (primary N) is 1. The van der Waals surface area contributed by atoms with Crippen LogP contribution in [0.2, 0.25) is 0 Å². The molecule has 10 heteroatoms. The second-order valence-electron chi connectivity index (χ2n) is 13.8. The maximum absolute atomic E-state index is 12.6. The summed E-state index contributed by atoms with van der Waals surface area (Å²) in [5, 5.41) is 0. The van der Waals surface area contributed by atoms with Gasteiger partial charge in [0.15, 0.2) is 6.10 Å². The number of hydrogen-bond acceptors (Lipinski definition) is 8. The van der Waals surface area contributed by atoms with Gasteiger partial charge in [-0.1, -0.05) is 143 Å². The van der Waals surface area contributed by atoms with E-state index in [1.54, 1.807) is 0 Å². The normalized spacial score (nSPS) is 14.2. The van der Waals surface area contributed by atoms with Crippen LogP contribution in [0, 0.1) is 0 Å². The van der Waals surface area contributed by atoms with Gasteiger partial charge in [-0.05, 0) is 96.3 Å². The van der Waals surface area contributed by atoms with Gasteiger partial charge >= 0.3 is 19.8 Å². The van der Waals surface area contributed by atoms with Crippen molar-refractivity contribution >= 4 is 19.8 Å². The monoisotopic (exact) mass is 816 g/mol. The molecule has 0 fully saturated rings. The van der Waals surface area contributed by atoms with Gasteiger partial charge < -0.3 is 20.1 Å². The molecule has 0 aromatic carbocycles.